The van der Waals surface area contributed by atoms with Gasteiger partial charge in [0.05, 0.1) is 7.11 Å². The van der Waals surface area contributed by atoms with E-state index in [1.54, 1.807) is 6.21 Å². The number of carbonyl (C=O) groups excluding carboxylic acids is 1. The Morgan fingerprint density at radius 1 is 1.70 bits per heavy atom. The van der Waals surface area contributed by atoms with E-state index in [0.717, 1.165) is 0 Å². The molecule has 0 heterocycles. The predicted octanol–water partition coefficient (Wildman–Crippen LogP) is 0.984. The van der Waals surface area contributed by atoms with Crippen molar-refractivity contribution in [3.63, 3.8) is 0 Å². The first-order valence-electron chi connectivity index (χ1n) is 3.04. The fourth-order valence-electron chi connectivity index (χ4n) is 0.285. The summed E-state index contributed by atoms with van der Waals surface area (Å²) in [7, 11) is 1.29. The van der Waals surface area contributed by atoms with Gasteiger partial charge in [-0.3, -0.25) is 0 Å². The summed E-state index contributed by atoms with van der Waals surface area (Å²) in [6.45, 7) is 3.92. The van der Waals surface area contributed by atoms with Crippen molar-refractivity contribution in [3.05, 3.63) is 0 Å². The number of ether oxygens (including phenoxy) is 1. The molecule has 1 N–H and O–H groups in total. The number of hydrazone groups is 1. The van der Waals surface area contributed by atoms with Crippen LogP contribution in [-0.2, 0) is 4.74 Å². The Morgan fingerprint density at radius 3 is 2.70 bits per heavy atom. The zero-order valence-corrected chi connectivity index (χ0v) is 6.42. The summed E-state index contributed by atoms with van der Waals surface area (Å²) in [4.78, 5) is 10.3. The van der Waals surface area contributed by atoms with Crippen LogP contribution in [0, 0.1) is 5.92 Å². The van der Waals surface area contributed by atoms with Crippen LogP contribution in [0.15, 0.2) is 5.10 Å². The van der Waals surface area contributed by atoms with Gasteiger partial charge in [0.25, 0.3) is 0 Å². The molecule has 1 amide bonds. The average molecular weight is 144 g/mol. The molecule has 58 valence electrons. The first-order chi connectivity index (χ1) is 4.66. The van der Waals surface area contributed by atoms with Crippen LogP contribution in [-0.4, -0.2) is 19.4 Å². The van der Waals surface area contributed by atoms with E-state index >= 15 is 0 Å². The maximum absolute atomic E-state index is 10.3. The molecule has 4 heteroatoms. The lowest BCUT2D eigenvalue weighted by molar-refractivity contribution is 0.171. The largest absolute Gasteiger partial charge is 0.452 e. The number of rotatable bonds is 2. The lowest BCUT2D eigenvalue weighted by atomic mass is 10.3. The second kappa shape index (κ2) is 4.78. The second-order valence-corrected chi connectivity index (χ2v) is 2.13. The van der Waals surface area contributed by atoms with Crippen LogP contribution in [0.25, 0.3) is 0 Å². The number of nitrogens with zero attached hydrogens (tertiary/aromatic N) is 1. The number of hydrogen-bond acceptors (Lipinski definition) is 3. The van der Waals surface area contributed by atoms with Crippen LogP contribution in [0.4, 0.5) is 4.79 Å². The number of methoxy groups -OCH3 is 1. The molecule has 0 aliphatic rings. The first kappa shape index (κ1) is 8.94. The molecule has 4 nitrogen and oxygen atoms in total. The van der Waals surface area contributed by atoms with Crippen molar-refractivity contribution in [1.82, 2.24) is 5.43 Å². The van der Waals surface area contributed by atoms with Gasteiger partial charge in [0.15, 0.2) is 0 Å². The lowest BCUT2D eigenvalue weighted by Gasteiger charge is -1.95. The molecule has 0 aliphatic heterocycles. The summed E-state index contributed by atoms with van der Waals surface area (Å²) < 4.78 is 4.27. The van der Waals surface area contributed by atoms with Crippen LogP contribution in [0.2, 0.25) is 0 Å². The SMILES string of the molecule is COC(=O)N/N=C/C(C)C. The predicted molar refractivity (Wildman–Crippen MR) is 38.9 cm³/mol. The Hall–Kier alpha value is -1.06. The zero-order valence-electron chi connectivity index (χ0n) is 6.42. The van der Waals surface area contributed by atoms with Crippen molar-refractivity contribution in [3.8, 4) is 0 Å². The van der Waals surface area contributed by atoms with Gasteiger partial charge in [-0.25, -0.2) is 10.2 Å². The van der Waals surface area contributed by atoms with Gasteiger partial charge in [-0.2, -0.15) is 5.10 Å². The minimum atomic E-state index is -0.545. The average Bonchev–Trinajstić information content (AvgIpc) is 1.87. The molecule has 0 atom stereocenters. The fourth-order valence-corrected chi connectivity index (χ4v) is 0.285. The van der Waals surface area contributed by atoms with Gasteiger partial charge in [0, 0.05) is 6.21 Å². The highest BCUT2D eigenvalue weighted by molar-refractivity contribution is 5.69. The monoisotopic (exact) mass is 144 g/mol. The molecule has 10 heavy (non-hydrogen) atoms. The summed E-state index contributed by atoms with van der Waals surface area (Å²) in [6.07, 6.45) is 1.08. The highest BCUT2D eigenvalue weighted by atomic mass is 16.5. The van der Waals surface area contributed by atoms with Gasteiger partial charge in [-0.05, 0) is 5.92 Å². The highest BCUT2D eigenvalue weighted by Gasteiger charge is 1.92. The normalized spacial score (nSPS) is 10.4. The number of amides is 1. The molecule has 0 saturated heterocycles. The highest BCUT2D eigenvalue weighted by Crippen LogP contribution is 1.83. The van der Waals surface area contributed by atoms with Gasteiger partial charge in [-0.15, -0.1) is 0 Å². The summed E-state index contributed by atoms with van der Waals surface area (Å²) in [6, 6.07) is 0. The Balaban J connectivity index is 3.43. The Morgan fingerprint density at radius 2 is 2.30 bits per heavy atom. The summed E-state index contributed by atoms with van der Waals surface area (Å²) >= 11 is 0. The Bertz CT molecular complexity index is 132. The number of nitrogens with one attached hydrogen (secondary N) is 1. The molecule has 0 spiro atoms. The molecule has 0 rings (SSSR count). The Labute approximate surface area is 60.3 Å². The van der Waals surface area contributed by atoms with Crippen LogP contribution >= 0.6 is 0 Å². The zero-order chi connectivity index (χ0) is 7.98. The van der Waals surface area contributed by atoms with Gasteiger partial charge in [-0.1, -0.05) is 13.8 Å². The molecule has 0 aromatic heterocycles. The van der Waals surface area contributed by atoms with E-state index in [2.05, 4.69) is 15.3 Å². The van der Waals surface area contributed by atoms with Crippen LogP contribution in [0.3, 0.4) is 0 Å². The molecule has 0 unspecified atom stereocenters. The van der Waals surface area contributed by atoms with Crippen molar-refractivity contribution >= 4 is 12.3 Å². The van der Waals surface area contributed by atoms with E-state index in [4.69, 9.17) is 0 Å². The summed E-state index contributed by atoms with van der Waals surface area (Å²) in [5.74, 6) is 0.331. The molecular weight excluding hydrogens is 132 g/mol. The molecule has 0 radical (unpaired) electrons. The van der Waals surface area contributed by atoms with Crippen molar-refractivity contribution in [2.45, 2.75) is 13.8 Å². The summed E-state index contributed by atoms with van der Waals surface area (Å²) in [5.41, 5.74) is 2.17. The molecule has 0 aromatic rings. The third kappa shape index (κ3) is 5.08. The van der Waals surface area contributed by atoms with E-state index < -0.39 is 6.09 Å². The van der Waals surface area contributed by atoms with Crippen LogP contribution < -0.4 is 5.43 Å². The topological polar surface area (TPSA) is 50.7 Å². The molecule has 0 fully saturated rings. The van der Waals surface area contributed by atoms with Crippen molar-refractivity contribution in [1.29, 1.82) is 0 Å². The maximum Gasteiger partial charge on any atom is 0.427 e. The van der Waals surface area contributed by atoms with E-state index in [9.17, 15) is 4.79 Å². The molecule has 0 aromatic carbocycles. The third-order valence-electron chi connectivity index (χ3n) is 0.714. The van der Waals surface area contributed by atoms with Gasteiger partial charge in [0.2, 0.25) is 0 Å². The molecular formula is C6H12N2O2. The Kier molecular flexibility index (Phi) is 4.28. The molecule has 0 bridgehead atoms. The van der Waals surface area contributed by atoms with E-state index in [-0.39, 0.29) is 0 Å². The lowest BCUT2D eigenvalue weighted by Crippen LogP contribution is -2.17. The van der Waals surface area contributed by atoms with E-state index in [1.165, 1.54) is 7.11 Å². The standard InChI is InChI=1S/C6H12N2O2/c1-5(2)4-7-8-6(9)10-3/h4-5H,1-3H3,(H,8,9)/b7-4+. The molecule has 0 aliphatic carbocycles. The third-order valence-corrected chi connectivity index (χ3v) is 0.714. The van der Waals surface area contributed by atoms with Crippen LogP contribution in [0.5, 0.6) is 0 Å². The summed E-state index contributed by atoms with van der Waals surface area (Å²) in [5, 5.41) is 3.59. The second-order valence-electron chi connectivity index (χ2n) is 2.13. The number of carbonyl (C=O) groups is 1. The van der Waals surface area contributed by atoms with Crippen molar-refractivity contribution in [2.24, 2.45) is 11.0 Å². The van der Waals surface area contributed by atoms with Crippen molar-refractivity contribution < 1.29 is 9.53 Å². The van der Waals surface area contributed by atoms with Gasteiger partial charge in [0.1, 0.15) is 0 Å². The van der Waals surface area contributed by atoms with E-state index in [0.29, 0.717) is 5.92 Å². The maximum atomic E-state index is 10.3. The van der Waals surface area contributed by atoms with E-state index in [1.807, 2.05) is 13.8 Å². The molecule has 0 saturated carbocycles. The smallest absolute Gasteiger partial charge is 0.427 e. The van der Waals surface area contributed by atoms with Crippen molar-refractivity contribution in [2.75, 3.05) is 7.11 Å². The van der Waals surface area contributed by atoms with Crippen LogP contribution in [0.1, 0.15) is 13.8 Å². The van der Waals surface area contributed by atoms with Gasteiger partial charge >= 0.3 is 6.09 Å². The minimum Gasteiger partial charge on any atom is -0.452 e. The number of hydrogen-bond donors (Lipinski definition) is 1. The quantitative estimate of drug-likeness (QED) is 0.464. The first-order valence-corrected chi connectivity index (χ1v) is 3.04. The minimum absolute atomic E-state index is 0.331. The van der Waals surface area contributed by atoms with Gasteiger partial charge < -0.3 is 4.74 Å². The fraction of sp³-hybridized carbons (Fsp3) is 0.667.